The van der Waals surface area contributed by atoms with Gasteiger partial charge in [-0.15, -0.1) is 0 Å². The predicted octanol–water partition coefficient (Wildman–Crippen LogP) is -0.571. The van der Waals surface area contributed by atoms with E-state index in [9.17, 15) is 14.4 Å². The molecule has 8 heteroatoms. The second-order valence-corrected chi connectivity index (χ2v) is 4.20. The van der Waals surface area contributed by atoms with Gasteiger partial charge in [-0.25, -0.2) is 9.59 Å². The number of amides is 3. The molecule has 0 aromatic rings. The summed E-state index contributed by atoms with van der Waals surface area (Å²) in [6.45, 7) is 2.27. The normalized spacial score (nSPS) is 13.4. The van der Waals surface area contributed by atoms with Crippen molar-refractivity contribution in [2.75, 3.05) is 13.7 Å². The maximum absolute atomic E-state index is 11.5. The molecule has 0 rings (SSSR count). The lowest BCUT2D eigenvalue weighted by atomic mass is 10.1. The largest absolute Gasteiger partial charge is 0.480 e. The fraction of sp³-hybridized carbons (Fsp3) is 0.727. The van der Waals surface area contributed by atoms with Crippen molar-refractivity contribution in [2.45, 2.75) is 38.3 Å². The average molecular weight is 275 g/mol. The zero-order valence-corrected chi connectivity index (χ0v) is 11.1. The number of primary amides is 1. The summed E-state index contributed by atoms with van der Waals surface area (Å²) in [5.74, 6) is -1.82. The van der Waals surface area contributed by atoms with E-state index in [2.05, 4.69) is 10.6 Å². The van der Waals surface area contributed by atoms with Crippen LogP contribution < -0.4 is 16.4 Å². The minimum atomic E-state index is -1.21. The Labute approximate surface area is 111 Å². The maximum atomic E-state index is 11.5. The molecule has 0 fully saturated rings. The number of carboxylic acid groups (broad SMARTS) is 1. The summed E-state index contributed by atoms with van der Waals surface area (Å²) >= 11 is 0. The van der Waals surface area contributed by atoms with E-state index in [1.165, 1.54) is 0 Å². The van der Waals surface area contributed by atoms with Crippen molar-refractivity contribution < 1.29 is 24.2 Å². The highest BCUT2D eigenvalue weighted by Gasteiger charge is 2.20. The number of nitrogens with one attached hydrogen (secondary N) is 2. The molecule has 0 saturated heterocycles. The fourth-order valence-corrected chi connectivity index (χ4v) is 1.33. The van der Waals surface area contributed by atoms with Crippen molar-refractivity contribution in [3.63, 3.8) is 0 Å². The van der Waals surface area contributed by atoms with Crippen molar-refractivity contribution in [1.29, 1.82) is 0 Å². The zero-order chi connectivity index (χ0) is 14.8. The number of rotatable bonds is 9. The molecule has 19 heavy (non-hydrogen) atoms. The van der Waals surface area contributed by atoms with Gasteiger partial charge in [-0.1, -0.05) is 0 Å². The molecule has 0 saturated carbocycles. The highest BCUT2D eigenvalue weighted by Crippen LogP contribution is 1.98. The maximum Gasteiger partial charge on any atom is 0.326 e. The molecule has 110 valence electrons. The van der Waals surface area contributed by atoms with Crippen LogP contribution in [0.25, 0.3) is 0 Å². The highest BCUT2D eigenvalue weighted by atomic mass is 16.5. The molecule has 2 atom stereocenters. The predicted molar refractivity (Wildman–Crippen MR) is 67.5 cm³/mol. The number of nitrogens with two attached hydrogens (primary N) is 1. The number of methoxy groups -OCH3 is 1. The Morgan fingerprint density at radius 2 is 1.89 bits per heavy atom. The molecule has 0 aliphatic carbocycles. The van der Waals surface area contributed by atoms with E-state index >= 15 is 0 Å². The first-order valence-corrected chi connectivity index (χ1v) is 5.94. The lowest BCUT2D eigenvalue weighted by Crippen LogP contribution is -2.48. The number of carbonyl (C=O) groups excluding carboxylic acids is 2. The third kappa shape index (κ3) is 8.83. The van der Waals surface area contributed by atoms with E-state index in [0.29, 0.717) is 13.0 Å². The topological polar surface area (TPSA) is 131 Å². The quantitative estimate of drug-likeness (QED) is 0.447. The van der Waals surface area contributed by atoms with Crippen LogP contribution in [0.5, 0.6) is 0 Å². The van der Waals surface area contributed by atoms with Gasteiger partial charge in [0.05, 0.1) is 0 Å². The summed E-state index contributed by atoms with van der Waals surface area (Å²) in [7, 11) is 1.55. The number of ether oxygens (including phenoxy) is 1. The van der Waals surface area contributed by atoms with Crippen molar-refractivity contribution >= 4 is 17.9 Å². The van der Waals surface area contributed by atoms with Crippen molar-refractivity contribution in [3.05, 3.63) is 0 Å². The van der Waals surface area contributed by atoms with Gasteiger partial charge in [0, 0.05) is 26.2 Å². The minimum absolute atomic E-state index is 0.0372. The third-order valence-electron chi connectivity index (χ3n) is 2.42. The third-order valence-corrected chi connectivity index (χ3v) is 2.42. The molecule has 0 bridgehead atoms. The minimum Gasteiger partial charge on any atom is -0.480 e. The summed E-state index contributed by atoms with van der Waals surface area (Å²) in [5, 5.41) is 13.8. The molecule has 0 aromatic carbocycles. The van der Waals surface area contributed by atoms with Crippen LogP contribution in [0.15, 0.2) is 0 Å². The number of urea groups is 1. The van der Waals surface area contributed by atoms with Crippen molar-refractivity contribution in [3.8, 4) is 0 Å². The second-order valence-electron chi connectivity index (χ2n) is 4.20. The molecule has 3 amide bonds. The van der Waals surface area contributed by atoms with Gasteiger partial charge >= 0.3 is 12.0 Å². The van der Waals surface area contributed by atoms with Crippen LogP contribution in [0.4, 0.5) is 4.79 Å². The number of carboxylic acids is 1. The van der Waals surface area contributed by atoms with Crippen LogP contribution in [0, 0.1) is 0 Å². The molecular formula is C11H21N3O5. The molecule has 1 unspecified atom stereocenters. The lowest BCUT2D eigenvalue weighted by molar-refractivity contribution is -0.139. The molecule has 0 aromatic heterocycles. The van der Waals surface area contributed by atoms with Gasteiger partial charge < -0.3 is 26.2 Å². The monoisotopic (exact) mass is 275 g/mol. The number of aliphatic carboxylic acids is 1. The molecule has 0 aliphatic rings. The summed E-state index contributed by atoms with van der Waals surface area (Å²) in [6, 6.07) is -1.88. The molecule has 0 radical (unpaired) electrons. The van der Waals surface area contributed by atoms with E-state index in [0.717, 1.165) is 0 Å². The number of carbonyl (C=O) groups is 3. The van der Waals surface area contributed by atoms with Gasteiger partial charge in [0.15, 0.2) is 0 Å². The lowest BCUT2D eigenvalue weighted by Gasteiger charge is -2.17. The van der Waals surface area contributed by atoms with E-state index in [4.69, 9.17) is 15.6 Å². The first-order valence-electron chi connectivity index (χ1n) is 5.94. The smallest absolute Gasteiger partial charge is 0.326 e. The van der Waals surface area contributed by atoms with Crippen LogP contribution in [-0.2, 0) is 14.3 Å². The van der Waals surface area contributed by atoms with Crippen LogP contribution >= 0.6 is 0 Å². The SMILES string of the molecule is COCCC(C)NC(=O)N[C@H](CCC(N)=O)C(=O)O. The molecule has 8 nitrogen and oxygen atoms in total. The average Bonchev–Trinajstić information content (AvgIpc) is 2.31. The van der Waals surface area contributed by atoms with Gasteiger partial charge in [0.2, 0.25) is 5.91 Å². The van der Waals surface area contributed by atoms with Gasteiger partial charge in [-0.3, -0.25) is 4.79 Å². The van der Waals surface area contributed by atoms with Crippen LogP contribution in [0.1, 0.15) is 26.2 Å². The van der Waals surface area contributed by atoms with E-state index in [-0.39, 0.29) is 18.9 Å². The van der Waals surface area contributed by atoms with E-state index in [1.807, 2.05) is 0 Å². The summed E-state index contributed by atoms with van der Waals surface area (Å²) in [5.41, 5.74) is 4.93. The summed E-state index contributed by atoms with van der Waals surface area (Å²) in [4.78, 5) is 33.0. The van der Waals surface area contributed by atoms with Crippen LogP contribution in [0.3, 0.4) is 0 Å². The fourth-order valence-electron chi connectivity index (χ4n) is 1.33. The van der Waals surface area contributed by atoms with Gasteiger partial charge in [-0.2, -0.15) is 0 Å². The molecular weight excluding hydrogens is 254 g/mol. The molecule has 0 spiro atoms. The second kappa shape index (κ2) is 9.15. The van der Waals surface area contributed by atoms with E-state index in [1.54, 1.807) is 14.0 Å². The molecule has 0 heterocycles. The summed E-state index contributed by atoms with van der Waals surface area (Å²) in [6.07, 6.45) is 0.476. The Morgan fingerprint density at radius 3 is 2.37 bits per heavy atom. The molecule has 0 aliphatic heterocycles. The van der Waals surface area contributed by atoms with Gasteiger partial charge in [0.1, 0.15) is 6.04 Å². The first kappa shape index (κ1) is 17.2. The number of hydrogen-bond donors (Lipinski definition) is 4. The number of hydrogen-bond acceptors (Lipinski definition) is 4. The summed E-state index contributed by atoms with van der Waals surface area (Å²) < 4.78 is 4.86. The van der Waals surface area contributed by atoms with Crippen molar-refractivity contribution in [2.24, 2.45) is 5.73 Å². The first-order chi connectivity index (χ1) is 8.86. The van der Waals surface area contributed by atoms with Crippen molar-refractivity contribution in [1.82, 2.24) is 10.6 Å². The Hall–Kier alpha value is -1.83. The Morgan fingerprint density at radius 1 is 1.26 bits per heavy atom. The van der Waals surface area contributed by atoms with Crippen LogP contribution in [0.2, 0.25) is 0 Å². The highest BCUT2D eigenvalue weighted by molar-refractivity contribution is 5.83. The molecule has 5 N–H and O–H groups in total. The van der Waals surface area contributed by atoms with Gasteiger partial charge in [0.25, 0.3) is 0 Å². The Bertz CT molecular complexity index is 321. The Kier molecular flexibility index (Phi) is 8.27. The Balaban J connectivity index is 4.16. The standard InChI is InChI=1S/C11H21N3O5/c1-7(5-6-19-2)13-11(18)14-8(10(16)17)3-4-9(12)15/h7-8H,3-6H2,1-2H3,(H2,12,15)(H,16,17)(H2,13,14,18)/t7?,8-/m1/s1. The van der Waals surface area contributed by atoms with Crippen LogP contribution in [-0.4, -0.2) is 48.8 Å². The van der Waals surface area contributed by atoms with Gasteiger partial charge in [-0.05, 0) is 19.8 Å². The van der Waals surface area contributed by atoms with E-state index < -0.39 is 23.9 Å². The zero-order valence-electron chi connectivity index (χ0n) is 11.1.